The number of halogens is 1. The highest BCUT2D eigenvalue weighted by Gasteiger charge is 2.11. The molecule has 0 fully saturated rings. The Kier molecular flexibility index (Phi) is 4.89. The zero-order chi connectivity index (χ0) is 14.7. The topological polar surface area (TPSA) is 37.3 Å². The van der Waals surface area contributed by atoms with Gasteiger partial charge in [0.25, 0.3) is 0 Å². The number of hydrogen-bond donors (Lipinski definition) is 1. The van der Waals surface area contributed by atoms with Gasteiger partial charge in [-0.3, -0.25) is 0 Å². The van der Waals surface area contributed by atoms with Gasteiger partial charge in [-0.05, 0) is 43.2 Å². The zero-order valence-corrected chi connectivity index (χ0v) is 13.7. The molecule has 2 nitrogen and oxygen atoms in total. The third-order valence-corrected chi connectivity index (χ3v) is 4.66. The Bertz CT molecular complexity index is 653. The molecule has 0 amide bonds. The van der Waals surface area contributed by atoms with Crippen molar-refractivity contribution in [3.63, 3.8) is 0 Å². The van der Waals surface area contributed by atoms with Crippen molar-refractivity contribution in [2.75, 3.05) is 0 Å². The number of hydrogen-bond acceptors (Lipinski definition) is 2. The largest absolute Gasteiger partial charge is 0.478 e. The lowest BCUT2D eigenvalue weighted by atomic mass is 10.1. The van der Waals surface area contributed by atoms with E-state index in [9.17, 15) is 9.90 Å². The number of aryl methyl sites for hydroxylation is 2. The van der Waals surface area contributed by atoms with Crippen molar-refractivity contribution in [2.24, 2.45) is 0 Å². The Hall–Kier alpha value is -1.26. The molecule has 0 saturated carbocycles. The molecule has 0 aliphatic rings. The predicted molar refractivity (Wildman–Crippen MR) is 86.6 cm³/mol. The molecule has 0 radical (unpaired) electrons. The minimum Gasteiger partial charge on any atom is -0.478 e. The standard InChI is InChI=1S/C16H15BrO2S/c1-10-3-4-11(2)12(7-10)9-20-15-8-13(17)5-6-14(15)16(18)19/h3-8H,9H2,1-2H3,(H,18,19). The summed E-state index contributed by atoms with van der Waals surface area (Å²) < 4.78 is 0.894. The van der Waals surface area contributed by atoms with Crippen LogP contribution < -0.4 is 0 Å². The molecular formula is C16H15BrO2S. The van der Waals surface area contributed by atoms with Crippen molar-refractivity contribution in [1.29, 1.82) is 0 Å². The Morgan fingerprint density at radius 3 is 2.65 bits per heavy atom. The van der Waals surface area contributed by atoms with Crippen LogP contribution in [0.15, 0.2) is 45.8 Å². The number of carboxylic acid groups (broad SMARTS) is 1. The van der Waals surface area contributed by atoms with Gasteiger partial charge in [-0.1, -0.05) is 39.7 Å². The zero-order valence-electron chi connectivity index (χ0n) is 11.3. The summed E-state index contributed by atoms with van der Waals surface area (Å²) in [5.74, 6) is -0.120. The Morgan fingerprint density at radius 2 is 1.95 bits per heavy atom. The van der Waals surface area contributed by atoms with Crippen LogP contribution in [0.3, 0.4) is 0 Å². The first-order valence-corrected chi connectivity index (χ1v) is 7.97. The second-order valence-electron chi connectivity index (χ2n) is 4.66. The van der Waals surface area contributed by atoms with Gasteiger partial charge in [-0.15, -0.1) is 11.8 Å². The van der Waals surface area contributed by atoms with Gasteiger partial charge < -0.3 is 5.11 Å². The highest BCUT2D eigenvalue weighted by Crippen LogP contribution is 2.30. The summed E-state index contributed by atoms with van der Waals surface area (Å²) in [6.45, 7) is 4.14. The number of carbonyl (C=O) groups is 1. The molecule has 0 aliphatic heterocycles. The minimum absolute atomic E-state index is 0.350. The minimum atomic E-state index is -0.888. The van der Waals surface area contributed by atoms with Crippen LogP contribution in [-0.2, 0) is 5.75 Å². The summed E-state index contributed by atoms with van der Waals surface area (Å²) in [4.78, 5) is 12.0. The fourth-order valence-corrected chi connectivity index (χ4v) is 3.56. The number of benzene rings is 2. The van der Waals surface area contributed by atoms with E-state index in [2.05, 4.69) is 48.0 Å². The quantitative estimate of drug-likeness (QED) is 0.783. The molecule has 0 bridgehead atoms. The van der Waals surface area contributed by atoms with Crippen LogP contribution in [0.4, 0.5) is 0 Å². The SMILES string of the molecule is Cc1ccc(C)c(CSc2cc(Br)ccc2C(=O)O)c1. The molecular weight excluding hydrogens is 336 g/mol. The number of rotatable bonds is 4. The van der Waals surface area contributed by atoms with E-state index in [1.807, 2.05) is 6.07 Å². The molecule has 4 heteroatoms. The molecule has 1 N–H and O–H groups in total. The van der Waals surface area contributed by atoms with E-state index in [1.54, 1.807) is 23.9 Å². The van der Waals surface area contributed by atoms with Crippen LogP contribution in [-0.4, -0.2) is 11.1 Å². The van der Waals surface area contributed by atoms with E-state index in [0.717, 1.165) is 15.1 Å². The summed E-state index contributed by atoms with van der Waals surface area (Å²) in [6.07, 6.45) is 0. The fourth-order valence-electron chi connectivity index (χ4n) is 1.90. The van der Waals surface area contributed by atoms with Crippen LogP contribution in [0.5, 0.6) is 0 Å². The number of carboxylic acids is 1. The third kappa shape index (κ3) is 3.64. The van der Waals surface area contributed by atoms with Crippen LogP contribution in [0.25, 0.3) is 0 Å². The normalized spacial score (nSPS) is 10.6. The molecule has 104 valence electrons. The van der Waals surface area contributed by atoms with Crippen LogP contribution >= 0.6 is 27.7 Å². The summed E-state index contributed by atoms with van der Waals surface area (Å²) >= 11 is 4.95. The number of thioether (sulfide) groups is 1. The van der Waals surface area contributed by atoms with Gasteiger partial charge in [0.1, 0.15) is 0 Å². The van der Waals surface area contributed by atoms with Crippen LogP contribution in [0.2, 0.25) is 0 Å². The first kappa shape index (κ1) is 15.1. The lowest BCUT2D eigenvalue weighted by Crippen LogP contribution is -1.99. The average molecular weight is 351 g/mol. The maximum Gasteiger partial charge on any atom is 0.336 e. The predicted octanol–water partition coefficient (Wildman–Crippen LogP) is 5.06. The van der Waals surface area contributed by atoms with Gasteiger partial charge in [0.05, 0.1) is 5.56 Å². The van der Waals surface area contributed by atoms with Gasteiger partial charge in [-0.25, -0.2) is 4.79 Å². The molecule has 0 spiro atoms. The van der Waals surface area contributed by atoms with Crippen molar-refractivity contribution < 1.29 is 9.90 Å². The molecule has 0 unspecified atom stereocenters. The average Bonchev–Trinajstić information content (AvgIpc) is 2.39. The molecule has 0 aliphatic carbocycles. The molecule has 0 saturated heterocycles. The Labute approximate surface area is 131 Å². The summed E-state index contributed by atoms with van der Waals surface area (Å²) in [7, 11) is 0. The second kappa shape index (κ2) is 6.46. The van der Waals surface area contributed by atoms with E-state index in [-0.39, 0.29) is 0 Å². The lowest BCUT2D eigenvalue weighted by molar-refractivity contribution is 0.0693. The van der Waals surface area contributed by atoms with Gasteiger partial charge in [0, 0.05) is 15.1 Å². The number of aromatic carboxylic acids is 1. The maximum absolute atomic E-state index is 11.2. The Morgan fingerprint density at radius 1 is 1.20 bits per heavy atom. The van der Waals surface area contributed by atoms with E-state index >= 15 is 0 Å². The fraction of sp³-hybridized carbons (Fsp3) is 0.188. The van der Waals surface area contributed by atoms with Crippen LogP contribution in [0.1, 0.15) is 27.0 Å². The van der Waals surface area contributed by atoms with E-state index in [0.29, 0.717) is 5.56 Å². The molecule has 2 rings (SSSR count). The highest BCUT2D eigenvalue weighted by atomic mass is 79.9. The summed E-state index contributed by atoms with van der Waals surface area (Å²) in [6, 6.07) is 11.6. The molecule has 0 aromatic heterocycles. The molecule has 0 atom stereocenters. The second-order valence-corrected chi connectivity index (χ2v) is 6.60. The van der Waals surface area contributed by atoms with E-state index < -0.39 is 5.97 Å². The van der Waals surface area contributed by atoms with Crippen molar-refractivity contribution >= 4 is 33.7 Å². The Balaban J connectivity index is 2.24. The van der Waals surface area contributed by atoms with E-state index in [1.165, 1.54) is 16.7 Å². The van der Waals surface area contributed by atoms with Crippen LogP contribution in [0, 0.1) is 13.8 Å². The highest BCUT2D eigenvalue weighted by molar-refractivity contribution is 9.10. The molecule has 20 heavy (non-hydrogen) atoms. The smallest absolute Gasteiger partial charge is 0.336 e. The lowest BCUT2D eigenvalue weighted by Gasteiger charge is -2.09. The van der Waals surface area contributed by atoms with Crippen molar-refractivity contribution in [2.45, 2.75) is 24.5 Å². The van der Waals surface area contributed by atoms with Gasteiger partial charge in [-0.2, -0.15) is 0 Å². The van der Waals surface area contributed by atoms with Crippen molar-refractivity contribution in [3.8, 4) is 0 Å². The van der Waals surface area contributed by atoms with Crippen molar-refractivity contribution in [3.05, 3.63) is 63.1 Å². The van der Waals surface area contributed by atoms with E-state index in [4.69, 9.17) is 0 Å². The van der Waals surface area contributed by atoms with Gasteiger partial charge >= 0.3 is 5.97 Å². The first-order chi connectivity index (χ1) is 9.47. The first-order valence-electron chi connectivity index (χ1n) is 6.19. The van der Waals surface area contributed by atoms with Gasteiger partial charge in [0.15, 0.2) is 0 Å². The summed E-state index contributed by atoms with van der Waals surface area (Å²) in [5, 5.41) is 9.22. The van der Waals surface area contributed by atoms with Crippen molar-refractivity contribution in [1.82, 2.24) is 0 Å². The molecule has 0 heterocycles. The summed E-state index contributed by atoms with van der Waals surface area (Å²) in [5.41, 5.74) is 4.05. The molecule has 2 aromatic rings. The third-order valence-electron chi connectivity index (χ3n) is 3.06. The maximum atomic E-state index is 11.2. The monoisotopic (exact) mass is 350 g/mol. The van der Waals surface area contributed by atoms with Gasteiger partial charge in [0.2, 0.25) is 0 Å². The molecule has 2 aromatic carbocycles.